The third-order valence-electron chi connectivity index (χ3n) is 5.73. The van der Waals surface area contributed by atoms with Crippen molar-refractivity contribution in [2.75, 3.05) is 46.6 Å². The normalized spacial score (nSPS) is 13.9. The number of hydrogen-bond donors (Lipinski definition) is 0. The first-order chi connectivity index (χ1) is 16.7. The summed E-state index contributed by atoms with van der Waals surface area (Å²) in [6, 6.07) is 20.9. The Morgan fingerprint density at radius 1 is 1.00 bits per heavy atom. The SMILES string of the molecule is COc1cccc(C(=O)N(Cc2cccc(OCCN3CCOCC3)c2)Cc2ccccn2)c1. The van der Waals surface area contributed by atoms with Crippen LogP contribution in [0.4, 0.5) is 0 Å². The fraction of sp³-hybridized carbons (Fsp3) is 0.333. The van der Waals surface area contributed by atoms with Gasteiger partial charge in [0.05, 0.1) is 32.6 Å². The Kier molecular flexibility index (Phi) is 8.48. The lowest BCUT2D eigenvalue weighted by atomic mass is 10.1. The summed E-state index contributed by atoms with van der Waals surface area (Å²) in [7, 11) is 1.60. The van der Waals surface area contributed by atoms with E-state index in [0.717, 1.165) is 49.9 Å². The molecular weight excluding hydrogens is 430 g/mol. The second-order valence-electron chi connectivity index (χ2n) is 8.16. The number of rotatable bonds is 10. The van der Waals surface area contributed by atoms with E-state index in [4.69, 9.17) is 14.2 Å². The number of amides is 1. The fourth-order valence-corrected chi connectivity index (χ4v) is 3.90. The van der Waals surface area contributed by atoms with E-state index in [1.165, 1.54) is 0 Å². The van der Waals surface area contributed by atoms with Crippen molar-refractivity contribution in [3.63, 3.8) is 0 Å². The molecule has 0 spiro atoms. The maximum absolute atomic E-state index is 13.4. The Morgan fingerprint density at radius 2 is 1.82 bits per heavy atom. The van der Waals surface area contributed by atoms with E-state index in [1.807, 2.05) is 54.6 Å². The highest BCUT2D eigenvalue weighted by Crippen LogP contribution is 2.20. The third-order valence-corrected chi connectivity index (χ3v) is 5.73. The summed E-state index contributed by atoms with van der Waals surface area (Å²) in [6.45, 7) is 5.77. The first-order valence-corrected chi connectivity index (χ1v) is 11.6. The predicted molar refractivity (Wildman–Crippen MR) is 130 cm³/mol. The molecule has 178 valence electrons. The predicted octanol–water partition coefficient (Wildman–Crippen LogP) is 3.64. The summed E-state index contributed by atoms with van der Waals surface area (Å²) < 4.78 is 16.7. The number of carbonyl (C=O) groups excluding carboxylic acids is 1. The van der Waals surface area contributed by atoms with Crippen molar-refractivity contribution in [2.24, 2.45) is 0 Å². The van der Waals surface area contributed by atoms with Gasteiger partial charge in [-0.25, -0.2) is 0 Å². The van der Waals surface area contributed by atoms with Crippen molar-refractivity contribution in [2.45, 2.75) is 13.1 Å². The van der Waals surface area contributed by atoms with Gasteiger partial charge in [-0.2, -0.15) is 0 Å². The van der Waals surface area contributed by atoms with Crippen LogP contribution in [0.5, 0.6) is 11.5 Å². The molecule has 0 unspecified atom stereocenters. The lowest BCUT2D eigenvalue weighted by molar-refractivity contribution is 0.0322. The van der Waals surface area contributed by atoms with E-state index in [2.05, 4.69) is 9.88 Å². The van der Waals surface area contributed by atoms with Crippen molar-refractivity contribution in [3.05, 3.63) is 89.7 Å². The van der Waals surface area contributed by atoms with Gasteiger partial charge in [-0.15, -0.1) is 0 Å². The summed E-state index contributed by atoms with van der Waals surface area (Å²) in [4.78, 5) is 22.0. The molecular formula is C27H31N3O4. The lowest BCUT2D eigenvalue weighted by Crippen LogP contribution is -2.38. The van der Waals surface area contributed by atoms with E-state index >= 15 is 0 Å². The Balaban J connectivity index is 1.45. The van der Waals surface area contributed by atoms with Crippen molar-refractivity contribution in [1.29, 1.82) is 0 Å². The summed E-state index contributed by atoms with van der Waals surface area (Å²) in [5.41, 5.74) is 2.40. The smallest absolute Gasteiger partial charge is 0.254 e. The molecule has 34 heavy (non-hydrogen) atoms. The highest BCUT2D eigenvalue weighted by Gasteiger charge is 2.18. The standard InChI is InChI=1S/C27H31N3O4/c1-32-25-9-5-7-23(19-25)27(31)30(21-24-8-2-3-11-28-24)20-22-6-4-10-26(18-22)34-17-14-29-12-15-33-16-13-29/h2-11,18-19H,12-17,20-21H2,1H3. The molecule has 0 bridgehead atoms. The minimum Gasteiger partial charge on any atom is -0.497 e. The molecule has 4 rings (SSSR count). The van der Waals surface area contributed by atoms with Crippen molar-refractivity contribution < 1.29 is 19.0 Å². The minimum atomic E-state index is -0.0804. The molecule has 0 atom stereocenters. The maximum atomic E-state index is 13.4. The summed E-state index contributed by atoms with van der Waals surface area (Å²) in [5.74, 6) is 1.37. The molecule has 2 heterocycles. The number of methoxy groups -OCH3 is 1. The summed E-state index contributed by atoms with van der Waals surface area (Å²) in [5, 5.41) is 0. The van der Waals surface area contributed by atoms with Crippen LogP contribution >= 0.6 is 0 Å². The molecule has 2 aromatic carbocycles. The molecule has 1 aliphatic heterocycles. The van der Waals surface area contributed by atoms with Gasteiger partial charge in [0.15, 0.2) is 0 Å². The first-order valence-electron chi connectivity index (χ1n) is 11.6. The first kappa shape index (κ1) is 23.7. The van der Waals surface area contributed by atoms with Crippen LogP contribution in [0.1, 0.15) is 21.6 Å². The summed E-state index contributed by atoms with van der Waals surface area (Å²) >= 11 is 0. The third kappa shape index (κ3) is 6.79. The number of hydrogen-bond acceptors (Lipinski definition) is 6. The van der Waals surface area contributed by atoms with Crippen LogP contribution in [0, 0.1) is 0 Å². The zero-order valence-corrected chi connectivity index (χ0v) is 19.6. The Labute approximate surface area is 200 Å². The molecule has 1 fully saturated rings. The highest BCUT2D eigenvalue weighted by atomic mass is 16.5. The quantitative estimate of drug-likeness (QED) is 0.459. The van der Waals surface area contributed by atoms with Crippen molar-refractivity contribution in [1.82, 2.24) is 14.8 Å². The van der Waals surface area contributed by atoms with Crippen LogP contribution in [0.2, 0.25) is 0 Å². The zero-order valence-electron chi connectivity index (χ0n) is 19.6. The maximum Gasteiger partial charge on any atom is 0.254 e. The fourth-order valence-electron chi connectivity index (χ4n) is 3.90. The van der Waals surface area contributed by atoms with Crippen LogP contribution < -0.4 is 9.47 Å². The largest absolute Gasteiger partial charge is 0.497 e. The number of ether oxygens (including phenoxy) is 3. The van der Waals surface area contributed by atoms with Crippen molar-refractivity contribution in [3.8, 4) is 11.5 Å². The number of pyridine rings is 1. The van der Waals surface area contributed by atoms with Gasteiger partial charge in [-0.3, -0.25) is 14.7 Å². The molecule has 0 radical (unpaired) electrons. The van der Waals surface area contributed by atoms with Gasteiger partial charge in [-0.1, -0.05) is 24.3 Å². The van der Waals surface area contributed by atoms with Crippen LogP contribution in [-0.4, -0.2) is 67.3 Å². The number of morpholine rings is 1. The van der Waals surface area contributed by atoms with Gasteiger partial charge in [0.2, 0.25) is 0 Å². The van der Waals surface area contributed by atoms with Crippen LogP contribution in [0.25, 0.3) is 0 Å². The molecule has 1 aliphatic rings. The monoisotopic (exact) mass is 461 g/mol. The Hall–Kier alpha value is -3.42. The van der Waals surface area contributed by atoms with E-state index in [1.54, 1.807) is 30.3 Å². The molecule has 3 aromatic rings. The average molecular weight is 462 g/mol. The molecule has 0 saturated carbocycles. The van der Waals surface area contributed by atoms with E-state index < -0.39 is 0 Å². The van der Waals surface area contributed by atoms with Crippen LogP contribution in [0.15, 0.2) is 72.9 Å². The number of aromatic nitrogens is 1. The number of benzene rings is 2. The average Bonchev–Trinajstić information content (AvgIpc) is 2.89. The van der Waals surface area contributed by atoms with Gasteiger partial charge < -0.3 is 19.1 Å². The zero-order chi connectivity index (χ0) is 23.6. The molecule has 0 aliphatic carbocycles. The molecule has 0 N–H and O–H groups in total. The second kappa shape index (κ2) is 12.2. The molecule has 1 amide bonds. The van der Waals surface area contributed by atoms with Crippen LogP contribution in [-0.2, 0) is 17.8 Å². The Bertz CT molecular complexity index is 1050. The van der Waals surface area contributed by atoms with Gasteiger partial charge >= 0.3 is 0 Å². The van der Waals surface area contributed by atoms with Crippen LogP contribution in [0.3, 0.4) is 0 Å². The lowest BCUT2D eigenvalue weighted by Gasteiger charge is -2.26. The van der Waals surface area contributed by atoms with E-state index in [9.17, 15) is 4.79 Å². The minimum absolute atomic E-state index is 0.0804. The highest BCUT2D eigenvalue weighted by molar-refractivity contribution is 5.94. The van der Waals surface area contributed by atoms with Crippen molar-refractivity contribution >= 4 is 5.91 Å². The Morgan fingerprint density at radius 3 is 2.62 bits per heavy atom. The molecule has 1 saturated heterocycles. The summed E-state index contributed by atoms with van der Waals surface area (Å²) in [6.07, 6.45) is 1.74. The topological polar surface area (TPSA) is 64.1 Å². The molecule has 7 heteroatoms. The number of nitrogens with zero attached hydrogens (tertiary/aromatic N) is 3. The second-order valence-corrected chi connectivity index (χ2v) is 8.16. The van der Waals surface area contributed by atoms with Gasteiger partial charge in [0.1, 0.15) is 18.1 Å². The molecule has 7 nitrogen and oxygen atoms in total. The van der Waals surface area contributed by atoms with E-state index in [-0.39, 0.29) is 5.91 Å². The van der Waals surface area contributed by atoms with Gasteiger partial charge in [0.25, 0.3) is 5.91 Å². The molecule has 1 aromatic heterocycles. The van der Waals surface area contributed by atoms with E-state index in [0.29, 0.717) is 31.0 Å². The number of carbonyl (C=O) groups is 1. The van der Waals surface area contributed by atoms with Gasteiger partial charge in [0, 0.05) is 37.9 Å². The van der Waals surface area contributed by atoms with Gasteiger partial charge in [-0.05, 0) is 48.0 Å².